The Morgan fingerprint density at radius 3 is 2.83 bits per heavy atom. The first-order chi connectivity index (χ1) is 8.60. The van der Waals surface area contributed by atoms with Crippen molar-refractivity contribution in [2.75, 3.05) is 7.05 Å². The lowest BCUT2D eigenvalue weighted by Gasteiger charge is -2.05. The molecule has 3 heteroatoms. The van der Waals surface area contributed by atoms with Crippen LogP contribution in [-0.4, -0.2) is 18.1 Å². The predicted octanol–water partition coefficient (Wildman–Crippen LogP) is 3.82. The summed E-state index contributed by atoms with van der Waals surface area (Å²) in [5.74, 6) is 0. The molecular weight excluding hydrogens is 244 g/mol. The van der Waals surface area contributed by atoms with Gasteiger partial charge in [-0.25, -0.2) is 4.98 Å². The van der Waals surface area contributed by atoms with Crippen LogP contribution in [0.5, 0.6) is 0 Å². The van der Waals surface area contributed by atoms with Crippen LogP contribution in [0.4, 0.5) is 0 Å². The van der Waals surface area contributed by atoms with Gasteiger partial charge in [0.05, 0.1) is 5.52 Å². The van der Waals surface area contributed by atoms with Crippen LogP contribution in [-0.2, 0) is 0 Å². The Hall–Kier alpha value is -1.38. The molecule has 1 heterocycles. The van der Waals surface area contributed by atoms with E-state index in [1.807, 2.05) is 19.2 Å². The number of rotatable bonds is 3. The first kappa shape index (κ1) is 13.1. The maximum atomic E-state index is 6.20. The van der Waals surface area contributed by atoms with Gasteiger partial charge >= 0.3 is 0 Å². The molecule has 0 radical (unpaired) electrons. The molecule has 0 saturated carbocycles. The van der Waals surface area contributed by atoms with Crippen molar-refractivity contribution in [2.45, 2.75) is 19.9 Å². The summed E-state index contributed by atoms with van der Waals surface area (Å²) in [6.45, 7) is 4.14. The second kappa shape index (κ2) is 5.51. The highest BCUT2D eigenvalue weighted by Gasteiger charge is 2.03. The van der Waals surface area contributed by atoms with Crippen LogP contribution in [0.1, 0.15) is 18.1 Å². The quantitative estimate of drug-likeness (QED) is 0.849. The zero-order valence-corrected chi connectivity index (χ0v) is 11.6. The van der Waals surface area contributed by atoms with Crippen molar-refractivity contribution >= 4 is 28.6 Å². The summed E-state index contributed by atoms with van der Waals surface area (Å²) < 4.78 is 0. The van der Waals surface area contributed by atoms with Crippen LogP contribution < -0.4 is 5.32 Å². The molecule has 2 rings (SSSR count). The Labute approximate surface area is 113 Å². The molecular formula is C15H17ClN2. The lowest BCUT2D eigenvalue weighted by molar-refractivity contribution is 0.731. The number of pyridine rings is 1. The molecule has 0 aliphatic rings. The zero-order chi connectivity index (χ0) is 13.1. The molecule has 0 amide bonds. The molecule has 1 N–H and O–H groups in total. The number of benzene rings is 1. The molecule has 0 saturated heterocycles. The van der Waals surface area contributed by atoms with E-state index in [1.165, 1.54) is 5.56 Å². The van der Waals surface area contributed by atoms with E-state index in [0.717, 1.165) is 16.5 Å². The van der Waals surface area contributed by atoms with Gasteiger partial charge in [-0.2, -0.15) is 0 Å². The van der Waals surface area contributed by atoms with Crippen LogP contribution in [0.15, 0.2) is 30.3 Å². The highest BCUT2D eigenvalue weighted by atomic mass is 35.5. The average Bonchev–Trinajstić information content (AvgIpc) is 2.35. The van der Waals surface area contributed by atoms with Crippen molar-refractivity contribution in [2.24, 2.45) is 0 Å². The smallest absolute Gasteiger partial charge is 0.136 e. The highest BCUT2D eigenvalue weighted by Crippen LogP contribution is 2.22. The van der Waals surface area contributed by atoms with Gasteiger partial charge in [0.25, 0.3) is 0 Å². The molecule has 0 spiro atoms. The Morgan fingerprint density at radius 2 is 2.11 bits per heavy atom. The van der Waals surface area contributed by atoms with E-state index in [2.05, 4.69) is 48.4 Å². The minimum Gasteiger partial charge on any atom is -0.314 e. The topological polar surface area (TPSA) is 24.9 Å². The summed E-state index contributed by atoms with van der Waals surface area (Å²) in [7, 11) is 1.93. The van der Waals surface area contributed by atoms with Crippen molar-refractivity contribution in [3.8, 4) is 0 Å². The molecule has 2 aromatic rings. The maximum Gasteiger partial charge on any atom is 0.136 e. The number of hydrogen-bond donors (Lipinski definition) is 1. The molecule has 0 fully saturated rings. The Balaban J connectivity index is 2.43. The molecule has 94 valence electrons. The van der Waals surface area contributed by atoms with Gasteiger partial charge in [0.2, 0.25) is 0 Å². The summed E-state index contributed by atoms with van der Waals surface area (Å²) in [6, 6.07) is 8.59. The fraction of sp³-hybridized carbons (Fsp3) is 0.267. The third-order valence-corrected chi connectivity index (χ3v) is 3.28. The third-order valence-electron chi connectivity index (χ3n) is 2.97. The van der Waals surface area contributed by atoms with Gasteiger partial charge in [-0.15, -0.1) is 0 Å². The molecule has 1 atom stereocenters. The summed E-state index contributed by atoms with van der Waals surface area (Å²) in [6.07, 6.45) is 4.08. The maximum absolute atomic E-state index is 6.20. The Bertz CT molecular complexity index is 590. The SMILES string of the molecule is CNC(C)/C=C/c1cc2ccc(C)cc2nc1Cl. The minimum atomic E-state index is 0.315. The van der Waals surface area contributed by atoms with E-state index in [9.17, 15) is 0 Å². The monoisotopic (exact) mass is 260 g/mol. The zero-order valence-electron chi connectivity index (χ0n) is 10.9. The molecule has 0 aliphatic heterocycles. The number of fused-ring (bicyclic) bond motifs is 1. The molecule has 1 aromatic carbocycles. The van der Waals surface area contributed by atoms with E-state index in [4.69, 9.17) is 11.6 Å². The van der Waals surface area contributed by atoms with Crippen molar-refractivity contribution in [1.82, 2.24) is 10.3 Å². The fourth-order valence-electron chi connectivity index (χ4n) is 1.73. The van der Waals surface area contributed by atoms with Gasteiger partial charge in [-0.3, -0.25) is 0 Å². The van der Waals surface area contributed by atoms with Gasteiger partial charge in [-0.1, -0.05) is 35.9 Å². The van der Waals surface area contributed by atoms with Gasteiger partial charge in [0.1, 0.15) is 5.15 Å². The normalized spacial score (nSPS) is 13.3. The van der Waals surface area contributed by atoms with E-state index in [-0.39, 0.29) is 0 Å². The molecule has 1 unspecified atom stereocenters. The first-order valence-corrected chi connectivity index (χ1v) is 6.40. The van der Waals surface area contributed by atoms with Gasteiger partial charge < -0.3 is 5.32 Å². The number of halogens is 1. The molecule has 2 nitrogen and oxygen atoms in total. The van der Waals surface area contributed by atoms with Gasteiger partial charge in [0.15, 0.2) is 0 Å². The largest absolute Gasteiger partial charge is 0.314 e. The number of nitrogens with zero attached hydrogens (tertiary/aromatic N) is 1. The van der Waals surface area contributed by atoms with Crippen molar-refractivity contribution in [3.05, 3.63) is 46.6 Å². The standard InChI is InChI=1S/C15H17ClN2/c1-10-4-6-12-9-13(7-5-11(2)17-3)15(16)18-14(12)8-10/h4-9,11,17H,1-3H3/b7-5+. The Kier molecular flexibility index (Phi) is 4.00. The van der Waals surface area contributed by atoms with E-state index < -0.39 is 0 Å². The van der Waals surface area contributed by atoms with Gasteiger partial charge in [-0.05, 0) is 38.6 Å². The fourth-order valence-corrected chi connectivity index (χ4v) is 1.94. The van der Waals surface area contributed by atoms with Crippen LogP contribution in [0, 0.1) is 6.92 Å². The summed E-state index contributed by atoms with van der Waals surface area (Å²) in [5.41, 5.74) is 3.09. The predicted molar refractivity (Wildman–Crippen MR) is 79.0 cm³/mol. The lowest BCUT2D eigenvalue weighted by Crippen LogP contribution is -2.17. The third kappa shape index (κ3) is 2.89. The van der Waals surface area contributed by atoms with Crippen molar-refractivity contribution < 1.29 is 0 Å². The molecule has 0 aliphatic carbocycles. The number of likely N-dealkylation sites (N-methyl/N-ethyl adjacent to an activating group) is 1. The van der Waals surface area contributed by atoms with E-state index in [0.29, 0.717) is 11.2 Å². The van der Waals surface area contributed by atoms with Crippen LogP contribution in [0.2, 0.25) is 5.15 Å². The number of nitrogens with one attached hydrogen (secondary N) is 1. The van der Waals surface area contributed by atoms with Crippen molar-refractivity contribution in [3.63, 3.8) is 0 Å². The van der Waals surface area contributed by atoms with E-state index in [1.54, 1.807) is 0 Å². The minimum absolute atomic E-state index is 0.315. The summed E-state index contributed by atoms with van der Waals surface area (Å²) >= 11 is 6.20. The van der Waals surface area contributed by atoms with Crippen LogP contribution in [0.3, 0.4) is 0 Å². The molecule has 1 aromatic heterocycles. The second-order valence-corrected chi connectivity index (χ2v) is 4.86. The first-order valence-electron chi connectivity index (χ1n) is 6.02. The Morgan fingerprint density at radius 1 is 1.33 bits per heavy atom. The summed E-state index contributed by atoms with van der Waals surface area (Å²) in [5, 5.41) is 4.81. The average molecular weight is 261 g/mol. The number of aromatic nitrogens is 1. The van der Waals surface area contributed by atoms with E-state index >= 15 is 0 Å². The van der Waals surface area contributed by atoms with Crippen LogP contribution >= 0.6 is 11.6 Å². The number of hydrogen-bond acceptors (Lipinski definition) is 2. The molecule has 0 bridgehead atoms. The summed E-state index contributed by atoms with van der Waals surface area (Å²) in [4.78, 5) is 4.43. The number of aryl methyl sites for hydroxylation is 1. The second-order valence-electron chi connectivity index (χ2n) is 4.50. The van der Waals surface area contributed by atoms with Gasteiger partial charge in [0, 0.05) is 17.0 Å². The van der Waals surface area contributed by atoms with Crippen LogP contribution in [0.25, 0.3) is 17.0 Å². The lowest BCUT2D eigenvalue weighted by atomic mass is 10.1. The highest BCUT2D eigenvalue weighted by molar-refractivity contribution is 6.31. The molecule has 18 heavy (non-hydrogen) atoms. The van der Waals surface area contributed by atoms with Crippen molar-refractivity contribution in [1.29, 1.82) is 0 Å².